The lowest BCUT2D eigenvalue weighted by Gasteiger charge is -2.17. The van der Waals surface area contributed by atoms with E-state index in [0.717, 1.165) is 6.07 Å². The minimum absolute atomic E-state index is 0.0496. The first-order valence-corrected chi connectivity index (χ1v) is 10.4. The molecule has 0 radical (unpaired) electrons. The second kappa shape index (κ2) is 10.2. The van der Waals surface area contributed by atoms with Crippen LogP contribution in [-0.4, -0.2) is 6.03 Å². The van der Waals surface area contributed by atoms with Gasteiger partial charge in [-0.25, -0.2) is 4.79 Å². The van der Waals surface area contributed by atoms with Gasteiger partial charge in [0, 0.05) is 10.7 Å². The maximum atomic E-state index is 13.2. The molecule has 3 aromatic carbocycles. The highest BCUT2D eigenvalue weighted by Crippen LogP contribution is 2.40. The van der Waals surface area contributed by atoms with Crippen LogP contribution in [0.2, 0.25) is 10.0 Å². The van der Waals surface area contributed by atoms with Gasteiger partial charge in [0.2, 0.25) is 0 Å². The molecule has 37 heavy (non-hydrogen) atoms. The summed E-state index contributed by atoms with van der Waals surface area (Å²) in [6.07, 6.45) is -15.2. The number of amides is 2. The zero-order chi connectivity index (χ0) is 27.8. The van der Waals surface area contributed by atoms with Crippen molar-refractivity contribution in [1.29, 1.82) is 0 Å². The fourth-order valence-electron chi connectivity index (χ4n) is 2.88. The van der Waals surface area contributed by atoms with Crippen LogP contribution < -0.4 is 15.4 Å². The van der Waals surface area contributed by atoms with Crippen molar-refractivity contribution in [2.45, 2.75) is 18.5 Å². The van der Waals surface area contributed by atoms with Crippen molar-refractivity contribution in [3.8, 4) is 11.5 Å². The number of anilines is 2. The molecule has 0 atom stereocenters. The van der Waals surface area contributed by atoms with E-state index >= 15 is 0 Å². The van der Waals surface area contributed by atoms with Gasteiger partial charge in [-0.1, -0.05) is 23.2 Å². The van der Waals surface area contributed by atoms with Crippen LogP contribution in [-0.2, 0) is 18.5 Å². The third kappa shape index (κ3) is 7.35. The lowest BCUT2D eigenvalue weighted by Crippen LogP contribution is -2.21. The molecule has 0 aliphatic carbocycles. The molecule has 15 heteroatoms. The Morgan fingerprint density at radius 2 is 1.19 bits per heavy atom. The number of hydrogen-bond donors (Lipinski definition) is 2. The summed E-state index contributed by atoms with van der Waals surface area (Å²) in [5.41, 5.74) is -6.21. The Hall–Kier alpha value is -3.32. The van der Waals surface area contributed by atoms with Gasteiger partial charge in [-0.2, -0.15) is 39.5 Å². The van der Waals surface area contributed by atoms with Crippen LogP contribution in [0.25, 0.3) is 0 Å². The largest absolute Gasteiger partial charge is 0.454 e. The Morgan fingerprint density at radius 3 is 1.70 bits per heavy atom. The molecular formula is C22H11Cl2F9N2O2. The predicted molar refractivity (Wildman–Crippen MR) is 117 cm³/mol. The molecule has 0 unspecified atom stereocenters. The molecule has 0 saturated heterocycles. The summed E-state index contributed by atoms with van der Waals surface area (Å²) < 4.78 is 123. The van der Waals surface area contributed by atoms with E-state index in [9.17, 15) is 44.3 Å². The molecule has 2 amide bonds. The zero-order valence-electron chi connectivity index (χ0n) is 17.7. The molecule has 0 aliphatic rings. The Morgan fingerprint density at radius 1 is 0.649 bits per heavy atom. The maximum Gasteiger partial charge on any atom is 0.416 e. The van der Waals surface area contributed by atoms with Gasteiger partial charge in [-0.15, -0.1) is 0 Å². The van der Waals surface area contributed by atoms with Crippen molar-refractivity contribution < 1.29 is 49.0 Å². The Labute approximate surface area is 211 Å². The van der Waals surface area contributed by atoms with Crippen molar-refractivity contribution in [3.63, 3.8) is 0 Å². The van der Waals surface area contributed by atoms with Crippen LogP contribution in [0.15, 0.2) is 54.6 Å². The number of benzene rings is 3. The van der Waals surface area contributed by atoms with E-state index in [1.165, 1.54) is 18.2 Å². The van der Waals surface area contributed by atoms with Gasteiger partial charge in [0.25, 0.3) is 0 Å². The normalized spacial score (nSPS) is 12.3. The summed E-state index contributed by atoms with van der Waals surface area (Å²) in [5, 5.41) is 3.85. The number of urea groups is 1. The molecule has 2 N–H and O–H groups in total. The average molecular weight is 577 g/mol. The van der Waals surface area contributed by atoms with E-state index in [0.29, 0.717) is 12.1 Å². The van der Waals surface area contributed by atoms with E-state index < -0.39 is 52.6 Å². The summed E-state index contributed by atoms with van der Waals surface area (Å²) in [6.45, 7) is 0. The van der Waals surface area contributed by atoms with Gasteiger partial charge >= 0.3 is 24.6 Å². The minimum Gasteiger partial charge on any atom is -0.454 e. The number of ether oxygens (including phenoxy) is 1. The third-order valence-corrected chi connectivity index (χ3v) is 5.04. The van der Waals surface area contributed by atoms with Crippen molar-refractivity contribution in [2.24, 2.45) is 0 Å². The van der Waals surface area contributed by atoms with Crippen LogP contribution in [0.4, 0.5) is 55.7 Å². The number of carbonyl (C=O) groups excluding carboxylic acids is 1. The quantitative estimate of drug-likeness (QED) is 0.304. The molecular weight excluding hydrogens is 566 g/mol. The highest BCUT2D eigenvalue weighted by molar-refractivity contribution is 6.35. The number of rotatable bonds is 4. The van der Waals surface area contributed by atoms with Gasteiger partial charge in [0.1, 0.15) is 5.75 Å². The molecule has 0 heterocycles. The molecule has 4 nitrogen and oxygen atoms in total. The molecule has 3 rings (SSSR count). The highest BCUT2D eigenvalue weighted by atomic mass is 35.5. The molecule has 0 saturated carbocycles. The monoisotopic (exact) mass is 576 g/mol. The second-order valence-electron chi connectivity index (χ2n) is 7.26. The second-order valence-corrected chi connectivity index (χ2v) is 8.10. The molecule has 0 fully saturated rings. The lowest BCUT2D eigenvalue weighted by molar-refractivity contribution is -0.143. The van der Waals surface area contributed by atoms with Gasteiger partial charge in [0.15, 0.2) is 5.75 Å². The lowest BCUT2D eigenvalue weighted by atomic mass is 10.1. The number of nitrogens with one attached hydrogen (secondary N) is 2. The van der Waals surface area contributed by atoms with Crippen LogP contribution in [0.1, 0.15) is 16.7 Å². The topological polar surface area (TPSA) is 50.4 Å². The van der Waals surface area contributed by atoms with E-state index in [2.05, 4.69) is 0 Å². The van der Waals surface area contributed by atoms with Crippen LogP contribution in [0.5, 0.6) is 11.5 Å². The zero-order valence-corrected chi connectivity index (χ0v) is 19.2. The number of carbonyl (C=O) groups is 1. The Kier molecular flexibility index (Phi) is 7.80. The summed E-state index contributed by atoms with van der Waals surface area (Å²) in [5.74, 6) is -0.464. The SMILES string of the molecule is O=C(Nc1cc(C(F)(F)F)cc(C(F)(F)F)c1)Nc1cc(C(F)(F)F)ccc1Oc1ccc(Cl)cc1Cl. The van der Waals surface area contributed by atoms with Crippen molar-refractivity contribution in [3.05, 3.63) is 81.3 Å². The van der Waals surface area contributed by atoms with Crippen molar-refractivity contribution >= 4 is 40.6 Å². The fraction of sp³-hybridized carbons (Fsp3) is 0.136. The highest BCUT2D eigenvalue weighted by Gasteiger charge is 2.37. The van der Waals surface area contributed by atoms with Gasteiger partial charge < -0.3 is 15.4 Å². The predicted octanol–water partition coefficient (Wildman–Crippen LogP) is 9.49. The van der Waals surface area contributed by atoms with Gasteiger partial charge in [-0.3, -0.25) is 0 Å². The van der Waals surface area contributed by atoms with Gasteiger partial charge in [0.05, 0.1) is 27.4 Å². The maximum absolute atomic E-state index is 13.2. The van der Waals surface area contributed by atoms with Crippen molar-refractivity contribution in [1.82, 2.24) is 0 Å². The number of hydrogen-bond acceptors (Lipinski definition) is 2. The van der Waals surface area contributed by atoms with Crippen LogP contribution >= 0.6 is 23.2 Å². The minimum atomic E-state index is -5.19. The standard InChI is InChI=1S/C22H11Cl2F9N2O2/c23-13-2-4-17(15(24)9-13)37-18-3-1-10(20(25,26)27)8-16(18)35-19(36)34-14-6-11(21(28,29)30)5-12(7-14)22(31,32)33/h1-9H,(H2,34,35,36). The fourth-order valence-corrected chi connectivity index (χ4v) is 3.33. The first kappa shape index (κ1) is 28.3. The molecule has 0 aromatic heterocycles. The summed E-state index contributed by atoms with van der Waals surface area (Å²) in [4.78, 5) is 12.4. The van der Waals surface area contributed by atoms with Crippen LogP contribution in [0.3, 0.4) is 0 Å². The molecule has 198 valence electrons. The third-order valence-electron chi connectivity index (χ3n) is 4.51. The first-order chi connectivity index (χ1) is 16.9. The molecule has 0 aliphatic heterocycles. The first-order valence-electron chi connectivity index (χ1n) is 9.65. The van der Waals surface area contributed by atoms with Crippen molar-refractivity contribution in [2.75, 3.05) is 10.6 Å². The summed E-state index contributed by atoms with van der Waals surface area (Å²) >= 11 is 11.8. The summed E-state index contributed by atoms with van der Waals surface area (Å²) in [7, 11) is 0. The number of alkyl halides is 9. The van der Waals surface area contributed by atoms with E-state index in [1.807, 2.05) is 5.32 Å². The Bertz CT molecular complexity index is 1290. The van der Waals surface area contributed by atoms with Gasteiger partial charge in [-0.05, 0) is 54.6 Å². The van der Waals surface area contributed by atoms with E-state index in [1.54, 1.807) is 5.32 Å². The average Bonchev–Trinajstić information content (AvgIpc) is 2.74. The smallest absolute Gasteiger partial charge is 0.416 e. The summed E-state index contributed by atoms with van der Waals surface area (Å²) in [6, 6.07) is 4.61. The molecule has 0 spiro atoms. The molecule has 0 bridgehead atoms. The number of halogens is 11. The molecule has 3 aromatic rings. The Balaban J connectivity index is 1.96. The van der Waals surface area contributed by atoms with Crippen LogP contribution in [0, 0.1) is 0 Å². The van der Waals surface area contributed by atoms with E-state index in [-0.39, 0.29) is 39.7 Å². The van der Waals surface area contributed by atoms with E-state index in [4.69, 9.17) is 27.9 Å².